The van der Waals surface area contributed by atoms with Crippen LogP contribution in [0.15, 0.2) is 18.2 Å². The Kier molecular flexibility index (Phi) is 3.40. The van der Waals surface area contributed by atoms with Crippen molar-refractivity contribution >= 4 is 18.3 Å². The molecular weight excluding hydrogens is 193 g/mol. The highest BCUT2D eigenvalue weighted by molar-refractivity contribution is 6.60. The molecule has 76 valence electrons. The van der Waals surface area contributed by atoms with Gasteiger partial charge in [0.15, 0.2) is 0 Å². The van der Waals surface area contributed by atoms with Crippen molar-refractivity contribution in [1.29, 1.82) is 0 Å². The number of nitrogen functional groups attached to an aromatic ring is 1. The Morgan fingerprint density at radius 3 is 2.43 bits per heavy atom. The number of anilines is 1. The molecule has 5 N–H and O–H groups in total. The van der Waals surface area contributed by atoms with Crippen LogP contribution in [-0.2, 0) is 0 Å². The molecule has 0 aromatic heterocycles. The summed E-state index contributed by atoms with van der Waals surface area (Å²) in [5, 5.41) is 17.7. The number of hydrogen-bond acceptors (Lipinski definition) is 4. The summed E-state index contributed by atoms with van der Waals surface area (Å²) in [5.74, 6) is 5.05. The van der Waals surface area contributed by atoms with Crippen molar-refractivity contribution in [2.75, 3.05) is 5.43 Å². The van der Waals surface area contributed by atoms with E-state index in [1.54, 1.807) is 0 Å². The summed E-state index contributed by atoms with van der Waals surface area (Å²) in [5.41, 5.74) is 2.01. The van der Waals surface area contributed by atoms with E-state index < -0.39 is 13.5 Å². The molecule has 0 aliphatic carbocycles. The Hall–Kier alpha value is -1.18. The van der Waals surface area contributed by atoms with Crippen molar-refractivity contribution in [3.8, 4) is 0 Å². The molecule has 0 spiro atoms. The molecule has 0 aliphatic heterocycles. The number of halogens is 2. The molecule has 1 aromatic rings. The van der Waals surface area contributed by atoms with E-state index in [0.29, 0.717) is 0 Å². The minimum absolute atomic E-state index is 0.0784. The standard InChI is InChI=1S/C7H9BF2N2O2/c9-7(10)4-1-2-6(12-11)5(3-4)8(13)14/h1-3,7,12-14H,11H2. The van der Waals surface area contributed by atoms with Gasteiger partial charge in [0, 0.05) is 16.7 Å². The number of alkyl halides is 2. The van der Waals surface area contributed by atoms with Crippen molar-refractivity contribution in [2.45, 2.75) is 6.43 Å². The maximum Gasteiger partial charge on any atom is 0.490 e. The Morgan fingerprint density at radius 2 is 2.00 bits per heavy atom. The molecule has 1 aromatic carbocycles. The number of hydrogen-bond donors (Lipinski definition) is 4. The first-order valence-electron chi connectivity index (χ1n) is 3.81. The summed E-state index contributed by atoms with van der Waals surface area (Å²) in [6, 6.07) is 3.41. The molecule has 0 saturated heterocycles. The van der Waals surface area contributed by atoms with Gasteiger partial charge in [0.05, 0.1) is 0 Å². The maximum atomic E-state index is 12.2. The third kappa shape index (κ3) is 2.19. The fraction of sp³-hybridized carbons (Fsp3) is 0.143. The van der Waals surface area contributed by atoms with Crippen LogP contribution in [0.4, 0.5) is 14.5 Å². The summed E-state index contributed by atoms with van der Waals surface area (Å²) in [7, 11) is -1.83. The largest absolute Gasteiger partial charge is 0.490 e. The van der Waals surface area contributed by atoms with E-state index in [9.17, 15) is 8.78 Å². The average molecular weight is 202 g/mol. The van der Waals surface area contributed by atoms with E-state index in [2.05, 4.69) is 5.43 Å². The zero-order valence-corrected chi connectivity index (χ0v) is 7.11. The first-order chi connectivity index (χ1) is 6.56. The number of benzene rings is 1. The highest BCUT2D eigenvalue weighted by atomic mass is 19.3. The first kappa shape index (κ1) is 10.9. The quantitative estimate of drug-likeness (QED) is 0.305. The van der Waals surface area contributed by atoms with Crippen molar-refractivity contribution in [1.82, 2.24) is 0 Å². The topological polar surface area (TPSA) is 78.5 Å². The predicted molar refractivity (Wildman–Crippen MR) is 49.0 cm³/mol. The molecule has 0 radical (unpaired) electrons. The number of nitrogens with one attached hydrogen (secondary N) is 1. The number of rotatable bonds is 3. The van der Waals surface area contributed by atoms with Crippen molar-refractivity contribution < 1.29 is 18.8 Å². The summed E-state index contributed by atoms with van der Waals surface area (Å²) >= 11 is 0. The Morgan fingerprint density at radius 1 is 1.36 bits per heavy atom. The molecule has 0 heterocycles. The lowest BCUT2D eigenvalue weighted by Crippen LogP contribution is -2.34. The van der Waals surface area contributed by atoms with Crippen LogP contribution in [0, 0.1) is 0 Å². The van der Waals surface area contributed by atoms with E-state index in [1.165, 1.54) is 6.07 Å². The third-order valence-corrected chi connectivity index (χ3v) is 1.76. The minimum Gasteiger partial charge on any atom is -0.423 e. The molecule has 0 unspecified atom stereocenters. The molecule has 0 aliphatic rings. The smallest absolute Gasteiger partial charge is 0.423 e. The van der Waals surface area contributed by atoms with Gasteiger partial charge in [0.1, 0.15) is 0 Å². The van der Waals surface area contributed by atoms with Crippen molar-refractivity contribution in [3.05, 3.63) is 23.8 Å². The van der Waals surface area contributed by atoms with Gasteiger partial charge < -0.3 is 15.5 Å². The van der Waals surface area contributed by atoms with E-state index in [0.717, 1.165) is 12.1 Å². The molecule has 0 saturated carbocycles. The van der Waals surface area contributed by atoms with Crippen LogP contribution in [0.2, 0.25) is 0 Å². The van der Waals surface area contributed by atoms with E-state index in [4.69, 9.17) is 15.9 Å². The summed E-state index contributed by atoms with van der Waals surface area (Å²) in [6.45, 7) is 0. The van der Waals surface area contributed by atoms with Crippen molar-refractivity contribution in [3.63, 3.8) is 0 Å². The molecule has 1 rings (SSSR count). The van der Waals surface area contributed by atoms with Gasteiger partial charge >= 0.3 is 7.12 Å². The highest BCUT2D eigenvalue weighted by Gasteiger charge is 2.18. The van der Waals surface area contributed by atoms with E-state index in [-0.39, 0.29) is 16.7 Å². The monoisotopic (exact) mass is 202 g/mol. The Balaban J connectivity index is 3.14. The zero-order valence-electron chi connectivity index (χ0n) is 7.11. The molecule has 0 amide bonds. The Bertz CT molecular complexity index is 323. The lowest BCUT2D eigenvalue weighted by atomic mass is 9.78. The fourth-order valence-corrected chi connectivity index (χ4v) is 1.06. The molecule has 0 bridgehead atoms. The molecule has 4 nitrogen and oxygen atoms in total. The minimum atomic E-state index is -2.65. The average Bonchev–Trinajstić information content (AvgIpc) is 2.16. The van der Waals surface area contributed by atoms with Crippen LogP contribution in [0.25, 0.3) is 0 Å². The van der Waals surface area contributed by atoms with E-state index in [1.807, 2.05) is 0 Å². The van der Waals surface area contributed by atoms with Gasteiger partial charge in [-0.15, -0.1) is 0 Å². The Labute approximate surface area is 79.5 Å². The van der Waals surface area contributed by atoms with Gasteiger partial charge in [0.25, 0.3) is 6.43 Å². The molecule has 0 fully saturated rings. The lowest BCUT2D eigenvalue weighted by molar-refractivity contribution is 0.151. The molecule has 7 heteroatoms. The van der Waals surface area contributed by atoms with Crippen LogP contribution >= 0.6 is 0 Å². The highest BCUT2D eigenvalue weighted by Crippen LogP contribution is 2.19. The zero-order chi connectivity index (χ0) is 10.7. The van der Waals surface area contributed by atoms with Gasteiger partial charge in [-0.2, -0.15) is 0 Å². The van der Waals surface area contributed by atoms with Gasteiger partial charge in [-0.3, -0.25) is 5.84 Å². The molecule has 14 heavy (non-hydrogen) atoms. The second-order valence-corrected chi connectivity index (χ2v) is 2.67. The van der Waals surface area contributed by atoms with Crippen LogP contribution in [0.1, 0.15) is 12.0 Å². The normalized spacial score (nSPS) is 10.4. The molecule has 0 atom stereocenters. The third-order valence-electron chi connectivity index (χ3n) is 1.76. The number of hydrazine groups is 1. The summed E-state index contributed by atoms with van der Waals surface area (Å²) in [4.78, 5) is 0. The second kappa shape index (κ2) is 4.36. The first-order valence-corrected chi connectivity index (χ1v) is 3.81. The fourth-order valence-electron chi connectivity index (χ4n) is 1.06. The van der Waals surface area contributed by atoms with Gasteiger partial charge in [-0.05, 0) is 6.07 Å². The van der Waals surface area contributed by atoms with Crippen LogP contribution in [-0.4, -0.2) is 17.2 Å². The summed E-state index contributed by atoms with van der Waals surface area (Å²) in [6.07, 6.45) is -2.65. The lowest BCUT2D eigenvalue weighted by Gasteiger charge is -2.09. The van der Waals surface area contributed by atoms with Crippen LogP contribution in [0.3, 0.4) is 0 Å². The van der Waals surface area contributed by atoms with Crippen LogP contribution < -0.4 is 16.7 Å². The number of nitrogens with two attached hydrogens (primary N) is 1. The van der Waals surface area contributed by atoms with E-state index >= 15 is 0 Å². The SMILES string of the molecule is NNc1ccc(C(F)F)cc1B(O)O. The van der Waals surface area contributed by atoms with Gasteiger partial charge in [0.2, 0.25) is 0 Å². The second-order valence-electron chi connectivity index (χ2n) is 2.67. The van der Waals surface area contributed by atoms with Gasteiger partial charge in [-0.1, -0.05) is 12.1 Å². The predicted octanol–water partition coefficient (Wildman–Crippen LogP) is -0.410. The van der Waals surface area contributed by atoms with Crippen molar-refractivity contribution in [2.24, 2.45) is 5.84 Å². The molecular formula is C7H9BF2N2O2. The summed E-state index contributed by atoms with van der Waals surface area (Å²) < 4.78 is 24.5. The maximum absolute atomic E-state index is 12.2. The van der Waals surface area contributed by atoms with Crippen LogP contribution in [0.5, 0.6) is 0 Å². The van der Waals surface area contributed by atoms with Gasteiger partial charge in [-0.25, -0.2) is 8.78 Å².